The fraction of sp³-hybridized carbons (Fsp3) is 0.211. The predicted octanol–water partition coefficient (Wildman–Crippen LogP) is 3.73. The second-order valence-electron chi connectivity index (χ2n) is 5.97. The van der Waals surface area contributed by atoms with Crippen molar-refractivity contribution in [3.63, 3.8) is 0 Å². The van der Waals surface area contributed by atoms with E-state index in [4.69, 9.17) is 0 Å². The monoisotopic (exact) mass is 306 g/mol. The zero-order valence-corrected chi connectivity index (χ0v) is 12.8. The maximum absolute atomic E-state index is 11.3. The van der Waals surface area contributed by atoms with E-state index in [1.165, 1.54) is 27.1 Å². The van der Waals surface area contributed by atoms with E-state index in [2.05, 4.69) is 41.0 Å². The lowest BCUT2D eigenvalue weighted by Gasteiger charge is -2.25. The van der Waals surface area contributed by atoms with Crippen LogP contribution < -0.4 is 0 Å². The summed E-state index contributed by atoms with van der Waals surface area (Å²) in [5, 5.41) is 10.5. The fourth-order valence-electron chi connectivity index (χ4n) is 3.51. The molecule has 0 fully saturated rings. The highest BCUT2D eigenvalue weighted by Gasteiger charge is 2.26. The van der Waals surface area contributed by atoms with Crippen molar-refractivity contribution in [1.29, 1.82) is 0 Å². The molecule has 1 aliphatic rings. The summed E-state index contributed by atoms with van der Waals surface area (Å²) in [7, 11) is 0. The van der Waals surface area contributed by atoms with Gasteiger partial charge in [-0.15, -0.1) is 0 Å². The largest absolute Gasteiger partial charge is 0.465 e. The number of fused-ring (bicyclic) bond motifs is 3. The molecule has 4 rings (SSSR count). The number of para-hydroxylation sites is 1. The average molecular weight is 306 g/mol. The van der Waals surface area contributed by atoms with Crippen molar-refractivity contribution >= 4 is 17.0 Å². The SMILES string of the molecule is O=C(O)N1CCc2c(c3ccccc3n2Cc2ccccc2)C1. The number of nitrogens with zero attached hydrogens (tertiary/aromatic N) is 2. The number of aromatic nitrogens is 1. The standard InChI is InChI=1S/C19H18N2O2/c22-19(23)20-11-10-18-16(13-20)15-8-4-5-9-17(15)21(18)12-14-6-2-1-3-7-14/h1-9H,10-13H2,(H,22,23). The molecule has 1 aliphatic heterocycles. The highest BCUT2D eigenvalue weighted by atomic mass is 16.4. The third-order valence-electron chi connectivity index (χ3n) is 4.62. The van der Waals surface area contributed by atoms with E-state index in [0.717, 1.165) is 18.5 Å². The summed E-state index contributed by atoms with van der Waals surface area (Å²) >= 11 is 0. The van der Waals surface area contributed by atoms with Crippen molar-refractivity contribution < 1.29 is 9.90 Å². The molecule has 2 aromatic carbocycles. The summed E-state index contributed by atoms with van der Waals surface area (Å²) in [6, 6.07) is 18.7. The normalized spacial score (nSPS) is 14.0. The van der Waals surface area contributed by atoms with Gasteiger partial charge in [0, 0.05) is 41.7 Å². The van der Waals surface area contributed by atoms with Gasteiger partial charge in [-0.1, -0.05) is 48.5 Å². The Morgan fingerprint density at radius 1 is 1.04 bits per heavy atom. The van der Waals surface area contributed by atoms with Crippen molar-refractivity contribution in [2.75, 3.05) is 6.54 Å². The van der Waals surface area contributed by atoms with E-state index in [1.54, 1.807) is 0 Å². The maximum Gasteiger partial charge on any atom is 0.407 e. The number of hydrogen-bond donors (Lipinski definition) is 1. The molecule has 0 radical (unpaired) electrons. The fourth-order valence-corrected chi connectivity index (χ4v) is 3.51. The molecule has 116 valence electrons. The summed E-state index contributed by atoms with van der Waals surface area (Å²) < 4.78 is 2.35. The van der Waals surface area contributed by atoms with Crippen LogP contribution in [0.4, 0.5) is 4.79 Å². The summed E-state index contributed by atoms with van der Waals surface area (Å²) in [5.41, 5.74) is 4.88. The minimum Gasteiger partial charge on any atom is -0.465 e. The number of amides is 1. The number of benzene rings is 2. The lowest BCUT2D eigenvalue weighted by atomic mass is 10.0. The lowest BCUT2D eigenvalue weighted by Crippen LogP contribution is -2.35. The van der Waals surface area contributed by atoms with Crippen molar-refractivity contribution in [3.05, 3.63) is 71.4 Å². The number of carboxylic acid groups (broad SMARTS) is 1. The van der Waals surface area contributed by atoms with Crippen molar-refractivity contribution in [3.8, 4) is 0 Å². The Balaban J connectivity index is 1.84. The van der Waals surface area contributed by atoms with Gasteiger partial charge in [0.25, 0.3) is 0 Å². The van der Waals surface area contributed by atoms with Crippen LogP contribution in [0.1, 0.15) is 16.8 Å². The Hall–Kier alpha value is -2.75. The molecule has 1 amide bonds. The highest BCUT2D eigenvalue weighted by Crippen LogP contribution is 2.31. The maximum atomic E-state index is 11.3. The molecular weight excluding hydrogens is 288 g/mol. The van der Waals surface area contributed by atoms with E-state index in [-0.39, 0.29) is 0 Å². The molecule has 2 heterocycles. The molecule has 3 aromatic rings. The van der Waals surface area contributed by atoms with Crippen LogP contribution in [-0.4, -0.2) is 27.2 Å². The van der Waals surface area contributed by atoms with E-state index in [0.29, 0.717) is 13.1 Å². The van der Waals surface area contributed by atoms with Gasteiger partial charge >= 0.3 is 6.09 Å². The Bertz CT molecular complexity index is 868. The van der Waals surface area contributed by atoms with E-state index in [9.17, 15) is 9.90 Å². The van der Waals surface area contributed by atoms with E-state index < -0.39 is 6.09 Å². The van der Waals surface area contributed by atoms with Crippen molar-refractivity contribution in [2.24, 2.45) is 0 Å². The van der Waals surface area contributed by atoms with Crippen LogP contribution in [0.15, 0.2) is 54.6 Å². The molecule has 0 atom stereocenters. The molecule has 0 unspecified atom stereocenters. The van der Waals surface area contributed by atoms with E-state index in [1.807, 2.05) is 18.2 Å². The second-order valence-corrected chi connectivity index (χ2v) is 5.97. The molecule has 0 saturated heterocycles. The minimum atomic E-state index is -0.837. The van der Waals surface area contributed by atoms with Crippen LogP contribution in [0.25, 0.3) is 10.9 Å². The predicted molar refractivity (Wildman–Crippen MR) is 89.6 cm³/mol. The summed E-state index contributed by atoms with van der Waals surface area (Å²) in [4.78, 5) is 12.8. The highest BCUT2D eigenvalue weighted by molar-refractivity contribution is 5.86. The van der Waals surface area contributed by atoms with Crippen LogP contribution in [0.5, 0.6) is 0 Å². The number of carbonyl (C=O) groups is 1. The third kappa shape index (κ3) is 2.36. The Labute approximate surface area is 134 Å². The van der Waals surface area contributed by atoms with Gasteiger partial charge in [-0.05, 0) is 11.6 Å². The quantitative estimate of drug-likeness (QED) is 0.784. The van der Waals surface area contributed by atoms with Gasteiger partial charge in [-0.2, -0.15) is 0 Å². The van der Waals surface area contributed by atoms with Gasteiger partial charge in [0.05, 0.1) is 6.54 Å². The molecule has 1 N–H and O–H groups in total. The Kier molecular flexibility index (Phi) is 3.30. The first-order valence-electron chi connectivity index (χ1n) is 7.85. The average Bonchev–Trinajstić information content (AvgIpc) is 2.90. The van der Waals surface area contributed by atoms with Gasteiger partial charge in [0.2, 0.25) is 0 Å². The minimum absolute atomic E-state index is 0.479. The first-order chi connectivity index (χ1) is 11.2. The van der Waals surface area contributed by atoms with Crippen LogP contribution >= 0.6 is 0 Å². The summed E-state index contributed by atoms with van der Waals surface area (Å²) in [5.74, 6) is 0. The molecule has 23 heavy (non-hydrogen) atoms. The molecule has 4 nitrogen and oxygen atoms in total. The van der Waals surface area contributed by atoms with Crippen LogP contribution in [0.2, 0.25) is 0 Å². The van der Waals surface area contributed by atoms with Crippen LogP contribution in [-0.2, 0) is 19.5 Å². The number of hydrogen-bond acceptors (Lipinski definition) is 1. The smallest absolute Gasteiger partial charge is 0.407 e. The Morgan fingerprint density at radius 2 is 1.78 bits per heavy atom. The lowest BCUT2D eigenvalue weighted by molar-refractivity contribution is 0.139. The number of rotatable bonds is 2. The summed E-state index contributed by atoms with van der Waals surface area (Å²) in [6.07, 6.45) is -0.0705. The molecule has 0 aliphatic carbocycles. The Morgan fingerprint density at radius 3 is 2.57 bits per heavy atom. The van der Waals surface area contributed by atoms with Gasteiger partial charge in [-0.25, -0.2) is 4.79 Å². The molecular formula is C19H18N2O2. The molecule has 0 spiro atoms. The second kappa shape index (κ2) is 5.47. The zero-order valence-electron chi connectivity index (χ0n) is 12.8. The van der Waals surface area contributed by atoms with E-state index >= 15 is 0 Å². The topological polar surface area (TPSA) is 45.5 Å². The van der Waals surface area contributed by atoms with Crippen molar-refractivity contribution in [2.45, 2.75) is 19.5 Å². The summed E-state index contributed by atoms with van der Waals surface area (Å²) in [6.45, 7) is 1.87. The van der Waals surface area contributed by atoms with Gasteiger partial charge in [0.15, 0.2) is 0 Å². The van der Waals surface area contributed by atoms with Gasteiger partial charge in [0.1, 0.15) is 0 Å². The molecule has 0 bridgehead atoms. The molecule has 0 saturated carbocycles. The van der Waals surface area contributed by atoms with Crippen molar-refractivity contribution in [1.82, 2.24) is 9.47 Å². The third-order valence-corrected chi connectivity index (χ3v) is 4.62. The molecule has 1 aromatic heterocycles. The first kappa shape index (κ1) is 13.9. The molecule has 4 heteroatoms. The van der Waals surface area contributed by atoms with Gasteiger partial charge in [-0.3, -0.25) is 0 Å². The van der Waals surface area contributed by atoms with Crippen LogP contribution in [0.3, 0.4) is 0 Å². The first-order valence-corrected chi connectivity index (χ1v) is 7.85. The van der Waals surface area contributed by atoms with Crippen LogP contribution in [0, 0.1) is 0 Å². The zero-order chi connectivity index (χ0) is 15.8. The van der Waals surface area contributed by atoms with Gasteiger partial charge < -0.3 is 14.6 Å².